The molecule has 1 aromatic heterocycles. The molecule has 1 heterocycles. The number of amides is 1. The summed E-state index contributed by atoms with van der Waals surface area (Å²) < 4.78 is 32.6. The van der Waals surface area contributed by atoms with E-state index in [0.29, 0.717) is 24.3 Å². The normalized spacial score (nSPS) is 11.7. The molecular weight excluding hydrogens is 456 g/mol. The van der Waals surface area contributed by atoms with Gasteiger partial charge in [0.1, 0.15) is 5.69 Å². The van der Waals surface area contributed by atoms with Crippen LogP contribution in [0.15, 0.2) is 78.9 Å². The standard InChI is InChI=1S/C24H22N4O3S2/c1-17-12-13-20(24(29)25-16-19-10-6-3-7-11-19)22(14-17)28(33(30)31)23-21(26-32-27-23)15-18-8-4-2-5-9-18/h2-14H,15-16H2,1H3,(H,25,29)(H,30,31). The lowest BCUT2D eigenvalue weighted by Crippen LogP contribution is -2.28. The van der Waals surface area contributed by atoms with E-state index in [0.717, 1.165) is 32.7 Å². The zero-order valence-electron chi connectivity index (χ0n) is 17.8. The molecule has 1 amide bonds. The number of hydrogen-bond acceptors (Lipinski definition) is 5. The van der Waals surface area contributed by atoms with Crippen LogP contribution < -0.4 is 9.62 Å². The van der Waals surface area contributed by atoms with Crippen LogP contribution in [0.25, 0.3) is 0 Å². The summed E-state index contributed by atoms with van der Waals surface area (Å²) in [5.41, 5.74) is 3.93. The Bertz CT molecular complexity index is 1260. The first-order chi connectivity index (χ1) is 16.0. The molecule has 0 fully saturated rings. The molecule has 0 saturated heterocycles. The van der Waals surface area contributed by atoms with Crippen LogP contribution in [0.1, 0.15) is 32.7 Å². The number of nitrogens with one attached hydrogen (secondary N) is 1. The van der Waals surface area contributed by atoms with Gasteiger partial charge in [-0.05, 0) is 35.7 Å². The molecule has 0 bridgehead atoms. The quantitative estimate of drug-likeness (QED) is 0.360. The van der Waals surface area contributed by atoms with Gasteiger partial charge in [0.25, 0.3) is 17.2 Å². The lowest BCUT2D eigenvalue weighted by Gasteiger charge is -2.22. The van der Waals surface area contributed by atoms with E-state index in [4.69, 9.17) is 0 Å². The fourth-order valence-corrected chi connectivity index (χ4v) is 4.62. The van der Waals surface area contributed by atoms with Crippen molar-refractivity contribution < 1.29 is 13.6 Å². The molecule has 1 unspecified atom stereocenters. The number of aryl methyl sites for hydroxylation is 1. The summed E-state index contributed by atoms with van der Waals surface area (Å²) in [5, 5.41) is 2.89. The van der Waals surface area contributed by atoms with Crippen molar-refractivity contribution in [1.29, 1.82) is 0 Å². The molecular formula is C24H22N4O3S2. The zero-order valence-corrected chi connectivity index (χ0v) is 19.5. The Labute approximate surface area is 198 Å². The highest BCUT2D eigenvalue weighted by Crippen LogP contribution is 2.33. The van der Waals surface area contributed by atoms with E-state index in [1.54, 1.807) is 18.2 Å². The van der Waals surface area contributed by atoms with Crippen LogP contribution in [0.3, 0.4) is 0 Å². The number of benzene rings is 3. The molecule has 33 heavy (non-hydrogen) atoms. The molecule has 4 rings (SSSR count). The lowest BCUT2D eigenvalue weighted by molar-refractivity contribution is 0.0951. The first-order valence-electron chi connectivity index (χ1n) is 10.2. The number of nitrogens with zero attached hydrogens (tertiary/aromatic N) is 3. The molecule has 9 heteroatoms. The monoisotopic (exact) mass is 478 g/mol. The summed E-state index contributed by atoms with van der Waals surface area (Å²) in [5.74, 6) is -0.0931. The van der Waals surface area contributed by atoms with Gasteiger partial charge in [0.2, 0.25) is 0 Å². The van der Waals surface area contributed by atoms with Gasteiger partial charge < -0.3 is 5.32 Å². The van der Waals surface area contributed by atoms with Crippen LogP contribution in [0.5, 0.6) is 0 Å². The van der Waals surface area contributed by atoms with Crippen molar-refractivity contribution in [3.63, 3.8) is 0 Å². The molecule has 168 valence electrons. The van der Waals surface area contributed by atoms with E-state index in [9.17, 15) is 13.6 Å². The molecule has 2 N–H and O–H groups in total. The molecule has 1 atom stereocenters. The first kappa shape index (κ1) is 22.8. The van der Waals surface area contributed by atoms with Crippen LogP contribution in [-0.4, -0.2) is 23.4 Å². The highest BCUT2D eigenvalue weighted by Gasteiger charge is 2.27. The van der Waals surface area contributed by atoms with Gasteiger partial charge in [-0.3, -0.25) is 9.35 Å². The molecule has 0 aliphatic rings. The van der Waals surface area contributed by atoms with E-state index in [1.807, 2.05) is 67.6 Å². The molecule has 3 aromatic carbocycles. The van der Waals surface area contributed by atoms with Crippen LogP contribution in [-0.2, 0) is 24.2 Å². The van der Waals surface area contributed by atoms with E-state index in [2.05, 4.69) is 14.1 Å². The summed E-state index contributed by atoms with van der Waals surface area (Å²) >= 11 is -1.51. The number of hydrogen-bond donors (Lipinski definition) is 2. The largest absolute Gasteiger partial charge is 0.348 e. The number of anilines is 2. The maximum atomic E-state index is 13.1. The molecule has 0 aliphatic heterocycles. The summed E-state index contributed by atoms with van der Waals surface area (Å²) in [6, 6.07) is 24.4. The van der Waals surface area contributed by atoms with Crippen LogP contribution in [0, 0.1) is 6.92 Å². The molecule has 0 radical (unpaired) electrons. The Morgan fingerprint density at radius 1 is 1.00 bits per heavy atom. The van der Waals surface area contributed by atoms with Crippen LogP contribution >= 0.6 is 11.7 Å². The van der Waals surface area contributed by atoms with Crippen molar-refractivity contribution in [3.8, 4) is 0 Å². The van der Waals surface area contributed by atoms with E-state index >= 15 is 0 Å². The van der Waals surface area contributed by atoms with Gasteiger partial charge in [-0.25, -0.2) is 8.51 Å². The average molecular weight is 479 g/mol. The molecule has 7 nitrogen and oxygen atoms in total. The maximum absolute atomic E-state index is 13.1. The lowest BCUT2D eigenvalue weighted by atomic mass is 10.1. The average Bonchev–Trinajstić information content (AvgIpc) is 3.26. The molecule has 4 aromatic rings. The Morgan fingerprint density at radius 3 is 2.33 bits per heavy atom. The number of aromatic nitrogens is 2. The fraction of sp³-hybridized carbons (Fsp3) is 0.125. The Morgan fingerprint density at radius 2 is 1.67 bits per heavy atom. The minimum Gasteiger partial charge on any atom is -0.348 e. The SMILES string of the molecule is Cc1ccc(C(=O)NCc2ccccc2)c(N(c2nsnc2Cc2ccccc2)S(=O)O)c1. The van der Waals surface area contributed by atoms with Crippen molar-refractivity contribution in [3.05, 3.63) is 107 Å². The highest BCUT2D eigenvalue weighted by molar-refractivity contribution is 7.81. The van der Waals surface area contributed by atoms with Crippen molar-refractivity contribution in [2.45, 2.75) is 19.9 Å². The second-order valence-electron chi connectivity index (χ2n) is 7.41. The van der Waals surface area contributed by atoms with Gasteiger partial charge in [0.15, 0.2) is 5.82 Å². The number of rotatable bonds is 8. The summed E-state index contributed by atoms with van der Waals surface area (Å²) in [6.07, 6.45) is 0.446. The summed E-state index contributed by atoms with van der Waals surface area (Å²) in [7, 11) is 0. The zero-order chi connectivity index (χ0) is 23.2. The predicted octanol–water partition coefficient (Wildman–Crippen LogP) is 4.64. The Balaban J connectivity index is 1.68. The third-order valence-corrected chi connectivity index (χ3v) is 6.25. The predicted molar refractivity (Wildman–Crippen MR) is 131 cm³/mol. The molecule has 0 saturated carbocycles. The molecule has 0 aliphatic carbocycles. The Kier molecular flexibility index (Phi) is 7.23. The second-order valence-corrected chi connectivity index (χ2v) is 8.77. The van der Waals surface area contributed by atoms with E-state index < -0.39 is 11.3 Å². The van der Waals surface area contributed by atoms with Gasteiger partial charge >= 0.3 is 0 Å². The van der Waals surface area contributed by atoms with Gasteiger partial charge in [-0.15, -0.1) is 0 Å². The summed E-state index contributed by atoms with van der Waals surface area (Å²) in [4.78, 5) is 13.1. The Hall–Kier alpha value is -3.40. The third-order valence-electron chi connectivity index (χ3n) is 5.01. The second kappa shape index (κ2) is 10.5. The van der Waals surface area contributed by atoms with Gasteiger partial charge in [-0.2, -0.15) is 8.75 Å². The summed E-state index contributed by atoms with van der Waals surface area (Å²) in [6.45, 7) is 2.20. The van der Waals surface area contributed by atoms with Gasteiger partial charge in [0, 0.05) is 13.0 Å². The minimum atomic E-state index is -2.47. The fourth-order valence-electron chi connectivity index (χ4n) is 3.40. The van der Waals surface area contributed by atoms with Crippen LogP contribution in [0.2, 0.25) is 0 Å². The third kappa shape index (κ3) is 5.51. The van der Waals surface area contributed by atoms with Gasteiger partial charge in [-0.1, -0.05) is 66.7 Å². The van der Waals surface area contributed by atoms with Gasteiger partial charge in [0.05, 0.1) is 23.0 Å². The van der Waals surface area contributed by atoms with Crippen molar-refractivity contribution >= 4 is 40.4 Å². The smallest absolute Gasteiger partial charge is 0.268 e. The highest BCUT2D eigenvalue weighted by atomic mass is 32.2. The topological polar surface area (TPSA) is 95.4 Å². The van der Waals surface area contributed by atoms with Crippen molar-refractivity contribution in [1.82, 2.24) is 14.1 Å². The molecule has 0 spiro atoms. The van der Waals surface area contributed by atoms with E-state index in [1.165, 1.54) is 0 Å². The van der Waals surface area contributed by atoms with Crippen molar-refractivity contribution in [2.75, 3.05) is 4.31 Å². The maximum Gasteiger partial charge on any atom is 0.268 e. The van der Waals surface area contributed by atoms with Crippen LogP contribution in [0.4, 0.5) is 11.5 Å². The minimum absolute atomic E-state index is 0.257. The first-order valence-corrected chi connectivity index (χ1v) is 12.0. The number of carbonyl (C=O) groups excluding carboxylic acids is 1. The van der Waals surface area contributed by atoms with Crippen molar-refractivity contribution in [2.24, 2.45) is 0 Å². The number of carbonyl (C=O) groups is 1. The van der Waals surface area contributed by atoms with E-state index in [-0.39, 0.29) is 17.3 Å².